The SMILES string of the molecule is Cc1ccc(OCc2c(C(=O)N3CCC(C)CC3)noc2C)cc1. The van der Waals surface area contributed by atoms with Crippen LogP contribution in [0.15, 0.2) is 28.8 Å². The minimum Gasteiger partial charge on any atom is -0.489 e. The second kappa shape index (κ2) is 7.07. The lowest BCUT2D eigenvalue weighted by atomic mass is 9.99. The van der Waals surface area contributed by atoms with Gasteiger partial charge in [-0.1, -0.05) is 29.8 Å². The highest BCUT2D eigenvalue weighted by Gasteiger charge is 2.27. The molecular formula is C19H24N2O3. The van der Waals surface area contributed by atoms with E-state index in [0.717, 1.165) is 37.2 Å². The Kier molecular flexibility index (Phi) is 4.88. The molecule has 2 heterocycles. The van der Waals surface area contributed by atoms with Crippen molar-refractivity contribution >= 4 is 5.91 Å². The standard InChI is InChI=1S/C19H24N2O3/c1-13-4-6-16(7-5-13)23-12-17-15(3)24-20-18(17)19(22)21-10-8-14(2)9-11-21/h4-7,14H,8-12H2,1-3H3. The summed E-state index contributed by atoms with van der Waals surface area (Å²) in [6.45, 7) is 7.92. The molecule has 0 bridgehead atoms. The van der Waals surface area contributed by atoms with Crippen molar-refractivity contribution < 1.29 is 14.1 Å². The first kappa shape index (κ1) is 16.6. The van der Waals surface area contributed by atoms with Gasteiger partial charge in [-0.2, -0.15) is 0 Å². The Balaban J connectivity index is 1.71. The number of aromatic nitrogens is 1. The molecule has 1 aromatic carbocycles. The van der Waals surface area contributed by atoms with Gasteiger partial charge in [-0.3, -0.25) is 4.79 Å². The first-order valence-corrected chi connectivity index (χ1v) is 8.48. The Bertz CT molecular complexity index is 698. The van der Waals surface area contributed by atoms with Crippen LogP contribution < -0.4 is 4.74 Å². The lowest BCUT2D eigenvalue weighted by molar-refractivity contribution is 0.0684. The number of carbonyl (C=O) groups excluding carboxylic acids is 1. The molecule has 5 nitrogen and oxygen atoms in total. The summed E-state index contributed by atoms with van der Waals surface area (Å²) in [6, 6.07) is 7.84. The molecule has 1 fully saturated rings. The third kappa shape index (κ3) is 3.61. The number of hydrogen-bond donors (Lipinski definition) is 0. The Labute approximate surface area is 142 Å². The lowest BCUT2D eigenvalue weighted by Crippen LogP contribution is -2.38. The van der Waals surface area contributed by atoms with Crippen molar-refractivity contribution in [2.45, 2.75) is 40.2 Å². The van der Waals surface area contributed by atoms with Crippen LogP contribution in [0.2, 0.25) is 0 Å². The number of carbonyl (C=O) groups is 1. The van der Waals surface area contributed by atoms with Crippen molar-refractivity contribution in [3.05, 3.63) is 46.8 Å². The molecule has 1 aromatic heterocycles. The quantitative estimate of drug-likeness (QED) is 0.858. The van der Waals surface area contributed by atoms with Gasteiger partial charge >= 0.3 is 0 Å². The van der Waals surface area contributed by atoms with E-state index in [1.807, 2.05) is 43.0 Å². The zero-order valence-electron chi connectivity index (χ0n) is 14.5. The van der Waals surface area contributed by atoms with E-state index in [2.05, 4.69) is 12.1 Å². The number of piperidine rings is 1. The Morgan fingerprint density at radius 2 is 1.92 bits per heavy atom. The highest BCUT2D eigenvalue weighted by molar-refractivity contribution is 5.93. The Morgan fingerprint density at radius 1 is 1.25 bits per heavy atom. The molecule has 1 amide bonds. The smallest absolute Gasteiger partial charge is 0.276 e. The van der Waals surface area contributed by atoms with E-state index in [9.17, 15) is 4.79 Å². The van der Waals surface area contributed by atoms with E-state index in [1.165, 1.54) is 5.56 Å². The summed E-state index contributed by atoms with van der Waals surface area (Å²) < 4.78 is 11.1. The van der Waals surface area contributed by atoms with E-state index in [1.54, 1.807) is 0 Å². The molecule has 0 aliphatic carbocycles. The minimum absolute atomic E-state index is 0.0544. The molecule has 2 aromatic rings. The van der Waals surface area contributed by atoms with E-state index in [0.29, 0.717) is 17.4 Å². The molecule has 24 heavy (non-hydrogen) atoms. The third-order valence-corrected chi connectivity index (χ3v) is 4.66. The molecule has 5 heteroatoms. The van der Waals surface area contributed by atoms with Crippen molar-refractivity contribution in [1.29, 1.82) is 0 Å². The van der Waals surface area contributed by atoms with Crippen molar-refractivity contribution in [2.24, 2.45) is 5.92 Å². The molecule has 1 aliphatic rings. The fourth-order valence-electron chi connectivity index (χ4n) is 2.88. The summed E-state index contributed by atoms with van der Waals surface area (Å²) in [5, 5.41) is 3.99. The highest BCUT2D eigenvalue weighted by Crippen LogP contribution is 2.22. The summed E-state index contributed by atoms with van der Waals surface area (Å²) in [5.74, 6) is 2.03. The Hall–Kier alpha value is -2.30. The van der Waals surface area contributed by atoms with Gasteiger partial charge < -0.3 is 14.2 Å². The van der Waals surface area contributed by atoms with Crippen molar-refractivity contribution in [1.82, 2.24) is 10.1 Å². The molecule has 0 unspecified atom stereocenters. The number of amides is 1. The number of aryl methyl sites for hydroxylation is 2. The molecule has 3 rings (SSSR count). The number of ether oxygens (including phenoxy) is 1. The number of rotatable bonds is 4. The van der Waals surface area contributed by atoms with E-state index in [4.69, 9.17) is 9.26 Å². The summed E-state index contributed by atoms with van der Waals surface area (Å²) in [4.78, 5) is 14.6. The van der Waals surface area contributed by atoms with Gasteiger partial charge in [-0.05, 0) is 44.7 Å². The molecule has 1 aliphatic heterocycles. The number of likely N-dealkylation sites (tertiary alicyclic amines) is 1. The zero-order valence-corrected chi connectivity index (χ0v) is 14.5. The Morgan fingerprint density at radius 3 is 2.58 bits per heavy atom. The van der Waals surface area contributed by atoms with Crippen LogP contribution in [-0.2, 0) is 6.61 Å². The monoisotopic (exact) mass is 328 g/mol. The third-order valence-electron chi connectivity index (χ3n) is 4.66. The summed E-state index contributed by atoms with van der Waals surface area (Å²) in [7, 11) is 0. The van der Waals surface area contributed by atoms with Crippen LogP contribution in [0.5, 0.6) is 5.75 Å². The molecule has 0 N–H and O–H groups in total. The van der Waals surface area contributed by atoms with Crippen LogP contribution in [0, 0.1) is 19.8 Å². The van der Waals surface area contributed by atoms with Crippen LogP contribution in [0.4, 0.5) is 0 Å². The maximum atomic E-state index is 12.7. The summed E-state index contributed by atoms with van der Waals surface area (Å²) >= 11 is 0. The fourth-order valence-corrected chi connectivity index (χ4v) is 2.88. The van der Waals surface area contributed by atoms with Crippen molar-refractivity contribution in [3.8, 4) is 5.75 Å². The van der Waals surface area contributed by atoms with Crippen LogP contribution in [0.3, 0.4) is 0 Å². The van der Waals surface area contributed by atoms with Gasteiger partial charge in [0.05, 0.1) is 5.56 Å². The molecule has 0 spiro atoms. The summed E-state index contributed by atoms with van der Waals surface area (Å²) in [6.07, 6.45) is 2.08. The van der Waals surface area contributed by atoms with Crippen LogP contribution >= 0.6 is 0 Å². The fraction of sp³-hybridized carbons (Fsp3) is 0.474. The first-order chi connectivity index (χ1) is 11.5. The van der Waals surface area contributed by atoms with Gasteiger partial charge in [0.15, 0.2) is 5.69 Å². The number of nitrogens with zero attached hydrogens (tertiary/aromatic N) is 2. The number of benzene rings is 1. The minimum atomic E-state index is -0.0544. The maximum Gasteiger partial charge on any atom is 0.276 e. The lowest BCUT2D eigenvalue weighted by Gasteiger charge is -2.29. The van der Waals surface area contributed by atoms with Crippen molar-refractivity contribution in [2.75, 3.05) is 13.1 Å². The van der Waals surface area contributed by atoms with Crippen molar-refractivity contribution in [3.63, 3.8) is 0 Å². The predicted molar refractivity (Wildman–Crippen MR) is 91.1 cm³/mol. The average molecular weight is 328 g/mol. The maximum absolute atomic E-state index is 12.7. The van der Waals surface area contributed by atoms with Gasteiger partial charge in [0.25, 0.3) is 5.91 Å². The predicted octanol–water partition coefficient (Wildman–Crippen LogP) is 3.74. The largest absolute Gasteiger partial charge is 0.489 e. The number of hydrogen-bond acceptors (Lipinski definition) is 4. The van der Waals surface area contributed by atoms with Crippen LogP contribution in [0.25, 0.3) is 0 Å². The highest BCUT2D eigenvalue weighted by atomic mass is 16.5. The topological polar surface area (TPSA) is 55.6 Å². The molecule has 0 atom stereocenters. The van der Waals surface area contributed by atoms with Gasteiger partial charge in [-0.25, -0.2) is 0 Å². The molecular weight excluding hydrogens is 304 g/mol. The normalized spacial score (nSPS) is 15.5. The zero-order chi connectivity index (χ0) is 17.1. The van der Waals surface area contributed by atoms with Gasteiger partial charge in [0, 0.05) is 13.1 Å². The summed E-state index contributed by atoms with van der Waals surface area (Å²) in [5.41, 5.74) is 2.30. The molecule has 0 saturated carbocycles. The van der Waals surface area contributed by atoms with E-state index < -0.39 is 0 Å². The van der Waals surface area contributed by atoms with E-state index in [-0.39, 0.29) is 12.5 Å². The molecule has 0 radical (unpaired) electrons. The second-order valence-corrected chi connectivity index (χ2v) is 6.64. The van der Waals surface area contributed by atoms with Gasteiger partial charge in [0.1, 0.15) is 18.1 Å². The second-order valence-electron chi connectivity index (χ2n) is 6.64. The first-order valence-electron chi connectivity index (χ1n) is 8.48. The van der Waals surface area contributed by atoms with Crippen LogP contribution in [0.1, 0.15) is 47.1 Å². The molecule has 128 valence electrons. The average Bonchev–Trinajstić information content (AvgIpc) is 2.95. The van der Waals surface area contributed by atoms with Gasteiger partial charge in [-0.15, -0.1) is 0 Å². The van der Waals surface area contributed by atoms with Crippen LogP contribution in [-0.4, -0.2) is 29.1 Å². The molecule has 1 saturated heterocycles. The van der Waals surface area contributed by atoms with E-state index >= 15 is 0 Å². The van der Waals surface area contributed by atoms with Gasteiger partial charge in [0.2, 0.25) is 0 Å².